The van der Waals surface area contributed by atoms with Crippen LogP contribution in [0.2, 0.25) is 0 Å². The van der Waals surface area contributed by atoms with E-state index in [-0.39, 0.29) is 32.2 Å². The van der Waals surface area contributed by atoms with Crippen LogP contribution in [-0.2, 0) is 32.9 Å². The number of aromatic hydroxyl groups is 1. The van der Waals surface area contributed by atoms with Gasteiger partial charge in [-0.3, -0.25) is 9.55 Å². The molecule has 1 saturated carbocycles. The first-order valence-corrected chi connectivity index (χ1v) is 27.8. The molecular formula is C75H60N3OPt-. The zero-order valence-corrected chi connectivity index (χ0v) is 47.2. The molecule has 0 bridgehead atoms. The third kappa shape index (κ3) is 10.3. The fourth-order valence-corrected chi connectivity index (χ4v) is 12.0. The minimum Gasteiger partial charge on any atom is -0.507 e. The van der Waals surface area contributed by atoms with E-state index in [4.69, 9.17) is 9.97 Å². The maximum Gasteiger partial charge on any atom is 0.148 e. The number of hydrogen-bond donors (Lipinski definition) is 1. The number of imidazole rings is 1. The van der Waals surface area contributed by atoms with E-state index >= 15 is 0 Å². The molecule has 4 nitrogen and oxygen atoms in total. The van der Waals surface area contributed by atoms with E-state index < -0.39 is 0 Å². The molecule has 0 aliphatic heterocycles. The molecule has 0 spiro atoms. The third-order valence-corrected chi connectivity index (χ3v) is 16.4. The first kappa shape index (κ1) is 52.0. The smallest absolute Gasteiger partial charge is 0.148 e. The Kier molecular flexibility index (Phi) is 14.7. The van der Waals surface area contributed by atoms with E-state index in [1.807, 2.05) is 30.5 Å². The first-order valence-electron chi connectivity index (χ1n) is 27.8. The summed E-state index contributed by atoms with van der Waals surface area (Å²) in [5.41, 5.74) is 20.8. The second-order valence-corrected chi connectivity index (χ2v) is 21.7. The molecule has 0 atom stereocenters. The minimum absolute atomic E-state index is 0. The number of fused-ring (bicyclic) bond motifs is 1. The molecular weight excluding hydrogens is 1150 g/mol. The van der Waals surface area contributed by atoms with E-state index in [1.165, 1.54) is 42.4 Å². The number of rotatable bonds is 13. The van der Waals surface area contributed by atoms with Gasteiger partial charge in [-0.25, -0.2) is 4.98 Å². The van der Waals surface area contributed by atoms with Crippen LogP contribution in [0.4, 0.5) is 0 Å². The summed E-state index contributed by atoms with van der Waals surface area (Å²) in [5.74, 6) is 1.50. The Morgan fingerprint density at radius 3 is 1.68 bits per heavy atom. The van der Waals surface area contributed by atoms with Crippen LogP contribution in [-0.4, -0.2) is 19.6 Å². The number of aromatic nitrogens is 3. The van der Waals surface area contributed by atoms with E-state index in [0.29, 0.717) is 17.3 Å². The van der Waals surface area contributed by atoms with Crippen LogP contribution in [0, 0.1) is 12.0 Å². The van der Waals surface area contributed by atoms with Gasteiger partial charge in [0.1, 0.15) is 11.6 Å². The van der Waals surface area contributed by atoms with Crippen LogP contribution in [0.15, 0.2) is 255 Å². The van der Waals surface area contributed by atoms with Crippen LogP contribution < -0.4 is 0 Å². The van der Waals surface area contributed by atoms with Gasteiger partial charge in [-0.2, -0.15) is 0 Å². The first-order chi connectivity index (χ1) is 38.8. The van der Waals surface area contributed by atoms with E-state index in [2.05, 4.69) is 249 Å². The summed E-state index contributed by atoms with van der Waals surface area (Å²) in [5, 5.41) is 12.9. The molecule has 0 unspecified atom stereocenters. The van der Waals surface area contributed by atoms with Gasteiger partial charge in [0.2, 0.25) is 0 Å². The maximum atomic E-state index is 12.9. The summed E-state index contributed by atoms with van der Waals surface area (Å²) in [4.78, 5) is 10.8. The molecule has 2 aromatic heterocycles. The summed E-state index contributed by atoms with van der Waals surface area (Å²) in [6.45, 7) is 4.57. The zero-order valence-electron chi connectivity index (χ0n) is 45.0. The molecule has 12 aromatic rings. The van der Waals surface area contributed by atoms with E-state index in [9.17, 15) is 5.11 Å². The summed E-state index contributed by atoms with van der Waals surface area (Å²) in [6.07, 6.45) is 8.11. The van der Waals surface area contributed by atoms with Crippen LogP contribution in [0.3, 0.4) is 0 Å². The largest absolute Gasteiger partial charge is 0.507 e. The Morgan fingerprint density at radius 1 is 0.475 bits per heavy atom. The van der Waals surface area contributed by atoms with Crippen molar-refractivity contribution >= 4 is 11.0 Å². The monoisotopic (exact) mass is 1210 g/mol. The molecule has 0 amide bonds. The molecule has 1 aliphatic carbocycles. The average molecular weight is 1210 g/mol. The SMILES string of the molecule is CC(C)(c1ccccc1)c1ccc(-c2ccnc(-c3[c-]c(-c4cccc5c4nc(-c4cc(-c6ccccc6)cc(-c6ccccc6)c4O)n5-c4ccc(CC5CCCC5)cc4-c4ccccc4)cc(-c4ccccc4)c3)c2)cc1.[Pt]. The molecule has 80 heavy (non-hydrogen) atoms. The molecule has 1 fully saturated rings. The van der Waals surface area contributed by atoms with Crippen molar-refractivity contribution in [1.29, 1.82) is 0 Å². The molecule has 0 saturated heterocycles. The molecule has 5 heteroatoms. The number of para-hydroxylation sites is 1. The van der Waals surface area contributed by atoms with Crippen LogP contribution in [0.1, 0.15) is 56.2 Å². The summed E-state index contributed by atoms with van der Waals surface area (Å²) < 4.78 is 2.29. The number of hydrogen-bond acceptors (Lipinski definition) is 3. The van der Waals surface area contributed by atoms with Crippen molar-refractivity contribution in [2.45, 2.75) is 51.4 Å². The minimum atomic E-state index is -0.146. The van der Waals surface area contributed by atoms with Gasteiger partial charge in [0.05, 0.1) is 22.3 Å². The van der Waals surface area contributed by atoms with Gasteiger partial charge in [0, 0.05) is 49.5 Å². The van der Waals surface area contributed by atoms with Crippen molar-refractivity contribution in [3.63, 3.8) is 0 Å². The molecule has 2 heterocycles. The standard InChI is InChI=1S/C75H60N3O.Pt/c1-75(2,63-31-16-7-17-32-63)64-38-36-55(37-39-64)58-41-42-76-69(50-58)62-46-59(53-23-8-3-9-24-53)45-61(47-62)65-33-20-34-71-72(65)77-74(68-49-60(54-25-10-4-11-26-54)48-67(73(68)79)57-29-14-6-15-30-57)78(71)70-40-35-52(43-51-21-18-19-22-51)44-66(70)56-27-12-5-13-28-56;/h3-17,20,23-42,44-46,48-51,79H,18-19,21-22,43H2,1-2H3;/q-1;. The Bertz CT molecular complexity index is 4110. The van der Waals surface area contributed by atoms with Crippen molar-refractivity contribution in [1.82, 2.24) is 14.5 Å². The molecule has 1 aliphatic rings. The molecule has 13 rings (SSSR count). The summed E-state index contributed by atoms with van der Waals surface area (Å²) >= 11 is 0. The van der Waals surface area contributed by atoms with Crippen molar-refractivity contribution in [3.8, 4) is 101 Å². The molecule has 1 N–H and O–H groups in total. The number of benzene rings is 10. The Hall–Kier alpha value is -8.69. The molecule has 10 aromatic carbocycles. The fraction of sp³-hybridized carbons (Fsp3) is 0.120. The van der Waals surface area contributed by atoms with Crippen molar-refractivity contribution in [3.05, 3.63) is 278 Å². The van der Waals surface area contributed by atoms with Gasteiger partial charge in [0.25, 0.3) is 0 Å². The van der Waals surface area contributed by atoms with Gasteiger partial charge in [-0.1, -0.05) is 256 Å². The predicted molar refractivity (Wildman–Crippen MR) is 327 cm³/mol. The molecule has 0 radical (unpaired) electrons. The second kappa shape index (κ2) is 22.6. The third-order valence-electron chi connectivity index (χ3n) is 16.4. The van der Waals surface area contributed by atoms with Crippen molar-refractivity contribution in [2.75, 3.05) is 0 Å². The van der Waals surface area contributed by atoms with E-state index in [0.717, 1.165) is 101 Å². The Balaban J connectivity index is 0.00000637. The van der Waals surface area contributed by atoms with Gasteiger partial charge in [-0.15, -0.1) is 23.8 Å². The Morgan fingerprint density at radius 2 is 1.02 bits per heavy atom. The van der Waals surface area contributed by atoms with Crippen LogP contribution in [0.25, 0.3) is 106 Å². The van der Waals surface area contributed by atoms with E-state index in [1.54, 1.807) is 0 Å². The molecule has 392 valence electrons. The van der Waals surface area contributed by atoms with Crippen LogP contribution in [0.5, 0.6) is 5.75 Å². The fourth-order valence-electron chi connectivity index (χ4n) is 12.0. The number of pyridine rings is 1. The van der Waals surface area contributed by atoms with Gasteiger partial charge < -0.3 is 5.11 Å². The summed E-state index contributed by atoms with van der Waals surface area (Å²) in [7, 11) is 0. The van der Waals surface area contributed by atoms with Crippen LogP contribution >= 0.6 is 0 Å². The maximum absolute atomic E-state index is 12.9. The normalized spacial score (nSPS) is 12.6. The predicted octanol–water partition coefficient (Wildman–Crippen LogP) is 19.3. The van der Waals surface area contributed by atoms with Crippen molar-refractivity contribution in [2.24, 2.45) is 5.92 Å². The topological polar surface area (TPSA) is 50.9 Å². The summed E-state index contributed by atoms with van der Waals surface area (Å²) in [6, 6.07) is 91.9. The van der Waals surface area contributed by atoms with Gasteiger partial charge >= 0.3 is 0 Å². The van der Waals surface area contributed by atoms with Crippen molar-refractivity contribution < 1.29 is 26.2 Å². The number of phenols is 1. The zero-order chi connectivity index (χ0) is 53.3. The average Bonchev–Trinajstić information content (AvgIpc) is 4.38. The second-order valence-electron chi connectivity index (χ2n) is 21.7. The van der Waals surface area contributed by atoms with Gasteiger partial charge in [-0.05, 0) is 104 Å². The number of nitrogens with zero attached hydrogens (tertiary/aromatic N) is 3. The quantitative estimate of drug-likeness (QED) is 0.117. The Labute approximate surface area is 484 Å². The number of phenolic OH excluding ortho intramolecular Hbond substituents is 1. The van der Waals surface area contributed by atoms with Gasteiger partial charge in [0.15, 0.2) is 0 Å².